The van der Waals surface area contributed by atoms with Crippen molar-refractivity contribution in [3.8, 4) is 23.0 Å². The molecule has 9 rings (SSSR count). The first-order valence-corrected chi connectivity index (χ1v) is 29.0. The molecule has 442 valence electrons. The van der Waals surface area contributed by atoms with Gasteiger partial charge in [-0.25, -0.2) is 0 Å². The number of rotatable bonds is 16. The van der Waals surface area contributed by atoms with Gasteiger partial charge in [0.1, 0.15) is 23.0 Å². The van der Waals surface area contributed by atoms with Crippen LogP contribution < -0.4 is 19.9 Å². The van der Waals surface area contributed by atoms with Crippen molar-refractivity contribution in [1.82, 2.24) is 19.3 Å². The summed E-state index contributed by atoms with van der Waals surface area (Å²) in [6, 6.07) is 30.6. The summed E-state index contributed by atoms with van der Waals surface area (Å²) in [6.45, 7) is 15.2. The molecule has 3 saturated heterocycles. The number of halogens is 2. The fraction of sp³-hybridized carbons (Fsp3) is 0.422. The fourth-order valence-corrected chi connectivity index (χ4v) is 11.2. The number of hydrogen-bond acceptors (Lipinski definition) is 12. The monoisotopic (exact) mass is 1250 g/mol. The number of nitrogens with two attached hydrogens (primary N) is 1. The SMILES string of the molecule is C=CCc1c(O)cccc1Br.COc1cccc(Br)c1CC1COC(C)(C)O1.COc1cccc(C(=O)N(C)C)c1CC1COC(C)(C)O1.COc1cccc(C(=O)N(C)C)c1CCN1CCC(n2ccc3ccc(C(N)=O)cc32)CC1. The Labute approximate surface area is 500 Å². The Hall–Kier alpha value is -6.25. The highest BCUT2D eigenvalue weighted by Gasteiger charge is 2.35. The van der Waals surface area contributed by atoms with Crippen molar-refractivity contribution in [3.63, 3.8) is 0 Å². The number of primary amides is 1. The molecule has 2 atom stereocenters. The molecule has 4 heterocycles. The maximum Gasteiger partial charge on any atom is 0.253 e. The van der Waals surface area contributed by atoms with Gasteiger partial charge < -0.3 is 63.3 Å². The number of hydrogen-bond donors (Lipinski definition) is 2. The standard InChI is InChI=1S/C26H32N4O3.C16H23NO4.C13H17BrO3.C9H9BrO/c1-28(2)26(32)22-5-4-6-24(33-3)21(22)12-15-29-13-10-20(11-14-29)30-16-9-18-7-8-19(25(27)31)17-23(18)30;1-16(2)20-10-11(21-16)9-13-12(15(18)17(3)4)7-6-8-14(13)19-5;1-13(2)16-8-9(17-13)7-10-11(14)5-4-6-12(10)15-3;1-2-4-7-8(10)5-3-6-9(7)11/h4-9,16-17,20H,10-15H2,1-3H3,(H2,27,31);6-8,11H,9-10H2,1-5H3;4-6,9H,7-8H2,1-3H3;2-3,5-6,11H,1,4H2. The molecule has 0 spiro atoms. The van der Waals surface area contributed by atoms with Crippen LogP contribution in [0.4, 0.5) is 0 Å². The van der Waals surface area contributed by atoms with E-state index in [9.17, 15) is 19.5 Å². The quantitative estimate of drug-likeness (QED) is 0.0878. The van der Waals surface area contributed by atoms with Crippen LogP contribution >= 0.6 is 31.9 Å². The molecular weight excluding hydrogens is 1170 g/mol. The smallest absolute Gasteiger partial charge is 0.253 e. The zero-order valence-electron chi connectivity index (χ0n) is 49.3. The maximum atomic E-state index is 12.7. The minimum Gasteiger partial charge on any atom is -0.508 e. The molecule has 2 unspecified atom stereocenters. The third-order valence-corrected chi connectivity index (χ3v) is 15.8. The number of aromatic hydroxyl groups is 1. The van der Waals surface area contributed by atoms with Gasteiger partial charge in [0.05, 0.1) is 46.8 Å². The van der Waals surface area contributed by atoms with E-state index in [0.29, 0.717) is 60.3 Å². The Kier molecular flexibility index (Phi) is 23.6. The van der Waals surface area contributed by atoms with Gasteiger partial charge in [0, 0.05) is 126 Å². The summed E-state index contributed by atoms with van der Waals surface area (Å²) >= 11 is 6.89. The third kappa shape index (κ3) is 17.4. The minimum atomic E-state index is -0.571. The van der Waals surface area contributed by atoms with Crippen molar-refractivity contribution in [3.05, 3.63) is 164 Å². The molecule has 3 aliphatic heterocycles. The van der Waals surface area contributed by atoms with Gasteiger partial charge in [0.2, 0.25) is 5.91 Å². The molecule has 0 saturated carbocycles. The number of aromatic nitrogens is 1. The van der Waals surface area contributed by atoms with E-state index in [2.05, 4.69) is 60.2 Å². The molecule has 0 aliphatic carbocycles. The number of nitrogens with zero attached hydrogens (tertiary/aromatic N) is 4. The van der Waals surface area contributed by atoms with Crippen LogP contribution in [-0.4, -0.2) is 148 Å². The predicted molar refractivity (Wildman–Crippen MR) is 329 cm³/mol. The summed E-state index contributed by atoms with van der Waals surface area (Å²) in [5, 5.41) is 10.5. The largest absolute Gasteiger partial charge is 0.508 e. The van der Waals surface area contributed by atoms with Crippen LogP contribution in [0.5, 0.6) is 23.0 Å². The Morgan fingerprint density at radius 1 is 0.695 bits per heavy atom. The fourth-order valence-electron chi connectivity index (χ4n) is 10.2. The molecule has 0 radical (unpaired) electrons. The van der Waals surface area contributed by atoms with Gasteiger partial charge in [-0.15, -0.1) is 6.58 Å². The lowest BCUT2D eigenvalue weighted by atomic mass is 9.99. The molecule has 82 heavy (non-hydrogen) atoms. The van der Waals surface area contributed by atoms with Gasteiger partial charge in [-0.05, 0) is 125 Å². The van der Waals surface area contributed by atoms with E-state index in [0.717, 1.165) is 98.9 Å². The van der Waals surface area contributed by atoms with Gasteiger partial charge in [-0.2, -0.15) is 0 Å². The molecule has 0 bridgehead atoms. The molecule has 3 amide bonds. The number of carbonyl (C=O) groups is 3. The van der Waals surface area contributed by atoms with Gasteiger partial charge in [-0.1, -0.05) is 68.3 Å². The van der Waals surface area contributed by atoms with Crippen LogP contribution in [0, 0.1) is 0 Å². The average molecular weight is 1260 g/mol. The van der Waals surface area contributed by atoms with E-state index in [1.807, 2.05) is 100 Å². The first-order valence-electron chi connectivity index (χ1n) is 27.4. The number of likely N-dealkylation sites (tertiary alicyclic amines) is 1. The lowest BCUT2D eigenvalue weighted by Gasteiger charge is -2.33. The molecule has 3 N–H and O–H groups in total. The van der Waals surface area contributed by atoms with E-state index in [-0.39, 0.29) is 24.0 Å². The predicted octanol–water partition coefficient (Wildman–Crippen LogP) is 11.5. The molecule has 3 fully saturated rings. The van der Waals surface area contributed by atoms with Crippen molar-refractivity contribution < 1.29 is 52.6 Å². The summed E-state index contributed by atoms with van der Waals surface area (Å²) in [6.07, 6.45) is 8.76. The molecule has 18 heteroatoms. The summed E-state index contributed by atoms with van der Waals surface area (Å²) in [5.41, 5.74) is 12.3. The van der Waals surface area contributed by atoms with Crippen LogP contribution in [0.15, 0.2) is 125 Å². The third-order valence-electron chi connectivity index (χ3n) is 14.4. The lowest BCUT2D eigenvalue weighted by molar-refractivity contribution is -0.138. The normalized spacial score (nSPS) is 17.2. The van der Waals surface area contributed by atoms with E-state index >= 15 is 0 Å². The van der Waals surface area contributed by atoms with Gasteiger partial charge in [0.15, 0.2) is 11.6 Å². The summed E-state index contributed by atoms with van der Waals surface area (Å²) in [7, 11) is 12.0. The van der Waals surface area contributed by atoms with E-state index in [1.54, 1.807) is 83.6 Å². The second-order valence-corrected chi connectivity index (χ2v) is 23.2. The summed E-state index contributed by atoms with van der Waals surface area (Å²) < 4.78 is 43.4. The Balaban J connectivity index is 0.000000190. The van der Waals surface area contributed by atoms with Crippen molar-refractivity contribution in [1.29, 1.82) is 0 Å². The van der Waals surface area contributed by atoms with E-state index in [1.165, 1.54) is 0 Å². The molecule has 16 nitrogen and oxygen atoms in total. The molecule has 1 aromatic heterocycles. The maximum absolute atomic E-state index is 12.7. The number of phenols is 1. The first kappa shape index (κ1) is 64.9. The van der Waals surface area contributed by atoms with Gasteiger partial charge in [0.25, 0.3) is 11.8 Å². The number of amides is 3. The Morgan fingerprint density at radius 2 is 1.18 bits per heavy atom. The number of ether oxygens (including phenoxy) is 7. The van der Waals surface area contributed by atoms with Crippen LogP contribution in [0.25, 0.3) is 10.9 Å². The number of methoxy groups -OCH3 is 3. The number of phenolic OH excluding ortho intramolecular Hbond substituents is 1. The second-order valence-electron chi connectivity index (χ2n) is 21.5. The first-order chi connectivity index (χ1) is 39.0. The molecule has 3 aliphatic rings. The number of piperidine rings is 1. The number of allylic oxidation sites excluding steroid dienone is 1. The second kappa shape index (κ2) is 29.8. The van der Waals surface area contributed by atoms with E-state index in [4.69, 9.17) is 38.9 Å². The van der Waals surface area contributed by atoms with Crippen molar-refractivity contribution in [2.45, 2.75) is 96.0 Å². The zero-order valence-corrected chi connectivity index (χ0v) is 52.4. The van der Waals surface area contributed by atoms with Crippen molar-refractivity contribution in [2.75, 3.05) is 82.4 Å². The Bertz CT molecular complexity index is 3110. The van der Waals surface area contributed by atoms with Crippen LogP contribution in [0.1, 0.15) is 99.9 Å². The highest BCUT2D eigenvalue weighted by Crippen LogP contribution is 2.34. The molecule has 5 aromatic carbocycles. The van der Waals surface area contributed by atoms with Crippen LogP contribution in [0.2, 0.25) is 0 Å². The average Bonchev–Trinajstić information content (AvgIpc) is 4.36. The van der Waals surface area contributed by atoms with Crippen LogP contribution in [-0.2, 0) is 44.6 Å². The zero-order chi connectivity index (χ0) is 59.9. The highest BCUT2D eigenvalue weighted by atomic mass is 79.9. The van der Waals surface area contributed by atoms with Crippen molar-refractivity contribution in [2.24, 2.45) is 5.73 Å². The number of carbonyl (C=O) groups excluding carboxylic acids is 3. The van der Waals surface area contributed by atoms with Crippen LogP contribution in [0.3, 0.4) is 0 Å². The van der Waals surface area contributed by atoms with Crippen molar-refractivity contribution >= 4 is 60.5 Å². The topological polar surface area (TPSA) is 177 Å². The van der Waals surface area contributed by atoms with Gasteiger partial charge >= 0.3 is 0 Å². The number of fused-ring (bicyclic) bond motifs is 1. The van der Waals surface area contributed by atoms with Gasteiger partial charge in [-0.3, -0.25) is 14.4 Å². The minimum absolute atomic E-state index is 0.00238. The Morgan fingerprint density at radius 3 is 1.67 bits per heavy atom. The molecular formula is C64H81Br2N5O11. The van der Waals surface area contributed by atoms with E-state index < -0.39 is 17.5 Å². The number of benzene rings is 5. The molecule has 6 aromatic rings. The summed E-state index contributed by atoms with van der Waals surface area (Å²) in [5.74, 6) is 1.18. The lowest BCUT2D eigenvalue weighted by Crippen LogP contribution is -2.36. The summed E-state index contributed by atoms with van der Waals surface area (Å²) in [4.78, 5) is 42.2. The highest BCUT2D eigenvalue weighted by molar-refractivity contribution is 9.10.